The molecule has 6 N–H and O–H groups in total. The normalized spacial score (nSPS) is 31.7. The van der Waals surface area contributed by atoms with Crippen LogP contribution in [0.3, 0.4) is 0 Å². The molecule has 1 aromatic carbocycles. The number of phenols is 1. The van der Waals surface area contributed by atoms with E-state index >= 15 is 0 Å². The Morgan fingerprint density at radius 3 is 2.24 bits per heavy atom. The Hall–Kier alpha value is -3.68. The highest BCUT2D eigenvalue weighted by Crippen LogP contribution is 2.56. The third-order valence-corrected chi connectivity index (χ3v) is 11.3. The van der Waals surface area contributed by atoms with Crippen molar-refractivity contribution in [3.8, 4) is 5.75 Å². The van der Waals surface area contributed by atoms with Gasteiger partial charge in [0.05, 0.1) is 29.8 Å². The Bertz CT molecular complexity index is 1540. The van der Waals surface area contributed by atoms with Crippen LogP contribution in [0.15, 0.2) is 6.07 Å². The number of primary amides is 1. The van der Waals surface area contributed by atoms with E-state index in [9.17, 15) is 39.0 Å². The van der Waals surface area contributed by atoms with Gasteiger partial charge in [-0.1, -0.05) is 0 Å². The molecule has 1 spiro atoms. The predicted octanol–water partition coefficient (Wildman–Crippen LogP) is 0.184. The Morgan fingerprint density at radius 1 is 1.02 bits per heavy atom. The van der Waals surface area contributed by atoms with E-state index in [2.05, 4.69) is 10.6 Å². The molecule has 6 atom stereocenters. The number of benzene rings is 1. The summed E-state index contributed by atoms with van der Waals surface area (Å²) in [5.41, 5.74) is 3.97. The lowest BCUT2D eigenvalue weighted by Gasteiger charge is -2.52. The van der Waals surface area contributed by atoms with Gasteiger partial charge in [-0.15, -0.1) is 0 Å². The maximum atomic E-state index is 14.2. The number of phenolic OH excluding ortho intramolecular Hbond substituents is 1. The molecule has 5 aliphatic rings. The summed E-state index contributed by atoms with van der Waals surface area (Å²) in [6, 6.07) is 0.653. The van der Waals surface area contributed by atoms with Crippen molar-refractivity contribution in [2.24, 2.45) is 34.8 Å². The number of aromatic hydroxyl groups is 1. The maximum Gasteiger partial charge on any atom is 0.238 e. The molecule has 13 heteroatoms. The Kier molecular flexibility index (Phi) is 7.88. The van der Waals surface area contributed by atoms with Gasteiger partial charge >= 0.3 is 0 Å². The van der Waals surface area contributed by atoms with Gasteiger partial charge in [0.1, 0.15) is 5.75 Å². The molecular weight excluding hydrogens is 594 g/mol. The number of hydrogen-bond donors (Lipinski definition) is 5. The first kappa shape index (κ1) is 32.3. The molecule has 6 rings (SSSR count). The van der Waals surface area contributed by atoms with Crippen LogP contribution in [0.25, 0.3) is 0 Å². The minimum atomic E-state index is -2.80. The maximum absolute atomic E-state index is 14.2. The second-order valence-corrected chi connectivity index (χ2v) is 14.5. The molecule has 0 aromatic heterocycles. The number of fused-ring (bicyclic) bond motifs is 3. The van der Waals surface area contributed by atoms with Gasteiger partial charge in [-0.3, -0.25) is 33.7 Å². The van der Waals surface area contributed by atoms with E-state index in [1.807, 2.05) is 0 Å². The number of Topliss-reactive ketones (excluding diaryl/α,β-unsaturated/α-hetero) is 4. The second kappa shape index (κ2) is 11.2. The van der Waals surface area contributed by atoms with Crippen molar-refractivity contribution in [2.75, 3.05) is 45.0 Å². The summed E-state index contributed by atoms with van der Waals surface area (Å²) in [6.07, 6.45) is 7.00. The topological polar surface area (TPSA) is 199 Å². The van der Waals surface area contributed by atoms with Gasteiger partial charge in [0, 0.05) is 31.7 Å². The number of carbonyl (C=O) groups excluding carboxylic acids is 6. The molecule has 0 heterocycles. The molecule has 0 aliphatic heterocycles. The number of nitrogens with zero attached hydrogens (tertiary/aromatic N) is 2. The molecule has 248 valence electrons. The Balaban J connectivity index is 1.30. The molecular formula is C33H43N5O8. The van der Waals surface area contributed by atoms with Crippen LogP contribution in [0.2, 0.25) is 0 Å². The zero-order valence-corrected chi connectivity index (χ0v) is 26.7. The van der Waals surface area contributed by atoms with E-state index in [4.69, 9.17) is 5.73 Å². The summed E-state index contributed by atoms with van der Waals surface area (Å²) < 4.78 is 0. The molecule has 0 saturated heterocycles. The van der Waals surface area contributed by atoms with Gasteiger partial charge in [0.2, 0.25) is 11.8 Å². The molecule has 0 bridgehead atoms. The first-order valence-electron chi connectivity index (χ1n) is 16.1. The van der Waals surface area contributed by atoms with E-state index < -0.39 is 76.0 Å². The minimum Gasteiger partial charge on any atom is -0.505 e. The molecule has 13 nitrogen and oxygen atoms in total. The highest BCUT2D eigenvalue weighted by Gasteiger charge is 2.69. The molecule has 1 aromatic rings. The van der Waals surface area contributed by atoms with Gasteiger partial charge in [-0.2, -0.15) is 0 Å². The zero-order chi connectivity index (χ0) is 33.5. The Morgan fingerprint density at radius 2 is 1.67 bits per heavy atom. The van der Waals surface area contributed by atoms with E-state index in [1.165, 1.54) is 17.7 Å². The largest absolute Gasteiger partial charge is 0.505 e. The van der Waals surface area contributed by atoms with Crippen molar-refractivity contribution in [3.63, 3.8) is 0 Å². The van der Waals surface area contributed by atoms with Crippen LogP contribution in [0.4, 0.5) is 11.4 Å². The first-order valence-corrected chi connectivity index (χ1v) is 16.1. The fourth-order valence-corrected chi connectivity index (χ4v) is 8.69. The van der Waals surface area contributed by atoms with E-state index in [1.54, 1.807) is 39.2 Å². The highest BCUT2D eigenvalue weighted by molar-refractivity contribution is 6.32. The van der Waals surface area contributed by atoms with Crippen LogP contribution in [0.5, 0.6) is 5.75 Å². The number of aliphatic hydroxyl groups is 1. The number of amides is 2. The van der Waals surface area contributed by atoms with Crippen molar-refractivity contribution in [1.82, 2.24) is 10.2 Å². The highest BCUT2D eigenvalue weighted by atomic mass is 16.3. The van der Waals surface area contributed by atoms with E-state index in [-0.39, 0.29) is 36.7 Å². The van der Waals surface area contributed by atoms with Gasteiger partial charge in [0.15, 0.2) is 34.7 Å². The fourth-order valence-electron chi connectivity index (χ4n) is 8.69. The summed E-state index contributed by atoms with van der Waals surface area (Å²) >= 11 is 0. The summed E-state index contributed by atoms with van der Waals surface area (Å²) in [5, 5.41) is 29.2. The average Bonchev–Trinajstić information content (AvgIpc) is 3.74. The molecule has 4 fully saturated rings. The fraction of sp³-hybridized carbons (Fsp3) is 0.636. The lowest BCUT2D eigenvalue weighted by Crippen LogP contribution is -2.74. The quantitative estimate of drug-likeness (QED) is 0.202. The number of carbonyl (C=O) groups is 6. The van der Waals surface area contributed by atoms with E-state index in [0.29, 0.717) is 16.7 Å². The van der Waals surface area contributed by atoms with Gasteiger partial charge in [-0.05, 0) is 88.4 Å². The number of likely N-dealkylation sites (N-methyl/N-ethyl adjacent to an activating group) is 1. The summed E-state index contributed by atoms with van der Waals surface area (Å²) in [7, 11) is 6.59. The number of rotatable bonds is 7. The van der Waals surface area contributed by atoms with Crippen LogP contribution in [-0.2, 0) is 30.4 Å². The summed E-state index contributed by atoms with van der Waals surface area (Å²) in [4.78, 5) is 83.5. The number of hydrogen-bond acceptors (Lipinski definition) is 11. The number of nitrogens with two attached hydrogens (primary N) is 1. The van der Waals surface area contributed by atoms with Crippen molar-refractivity contribution < 1.29 is 39.0 Å². The molecule has 4 saturated carbocycles. The number of anilines is 2. The molecule has 0 radical (unpaired) electrons. The molecule has 2 unspecified atom stereocenters. The smallest absolute Gasteiger partial charge is 0.238 e. The molecule has 46 heavy (non-hydrogen) atoms. The van der Waals surface area contributed by atoms with Gasteiger partial charge in [-0.25, -0.2) is 0 Å². The summed E-state index contributed by atoms with van der Waals surface area (Å²) in [5.74, 6) is -11.6. The third kappa shape index (κ3) is 4.94. The lowest BCUT2D eigenvalue weighted by molar-refractivity contribution is -0.181. The van der Waals surface area contributed by atoms with Gasteiger partial charge < -0.3 is 31.5 Å². The number of ketones is 4. The van der Waals surface area contributed by atoms with Crippen LogP contribution in [0, 0.1) is 29.1 Å². The average molecular weight is 638 g/mol. The van der Waals surface area contributed by atoms with Crippen molar-refractivity contribution in [3.05, 3.63) is 17.2 Å². The van der Waals surface area contributed by atoms with Crippen LogP contribution in [0.1, 0.15) is 60.9 Å². The SMILES string of the molecule is CN(C)c1cc(NC(=O)CNC2CCC3(CC2)CC3)c(O)c2c1C[C@H]1C[C@H]3[C@H](N(C)C)C(=O)C(C(N)=O)C(=O)[C@@]3(O)C(=O)C1C2=O. The van der Waals surface area contributed by atoms with Gasteiger partial charge in [0.25, 0.3) is 0 Å². The monoisotopic (exact) mass is 637 g/mol. The van der Waals surface area contributed by atoms with Crippen molar-refractivity contribution >= 4 is 46.3 Å². The predicted molar refractivity (Wildman–Crippen MR) is 166 cm³/mol. The summed E-state index contributed by atoms with van der Waals surface area (Å²) in [6.45, 7) is 0.0198. The molecule has 2 amide bonds. The van der Waals surface area contributed by atoms with Crippen LogP contribution >= 0.6 is 0 Å². The number of nitrogens with one attached hydrogen (secondary N) is 2. The van der Waals surface area contributed by atoms with Crippen LogP contribution in [-0.4, -0.2) is 102 Å². The second-order valence-electron chi connectivity index (χ2n) is 14.5. The zero-order valence-electron chi connectivity index (χ0n) is 26.7. The third-order valence-electron chi connectivity index (χ3n) is 11.3. The van der Waals surface area contributed by atoms with Crippen LogP contribution < -0.4 is 21.3 Å². The lowest BCUT2D eigenvalue weighted by atomic mass is 9.52. The van der Waals surface area contributed by atoms with E-state index in [0.717, 1.165) is 25.7 Å². The van der Waals surface area contributed by atoms with Crippen molar-refractivity contribution in [1.29, 1.82) is 0 Å². The minimum absolute atomic E-state index is 0.00211. The molecule has 5 aliphatic carbocycles. The first-order chi connectivity index (χ1) is 21.6. The standard InChI is InChI=1S/C33H43N5O8/c1-37(2)20-13-19(36-21(39)14-35-16-5-7-32(8-6-16)9-10-32)26(40)23-17(20)11-15-12-18-25(38(3)4)28(42)24(31(34)45)30(44)33(18,46)29(43)22(15)27(23)41/h13,15-16,18,22,24-25,35,40,46H,5-12,14H2,1-4H3,(H2,34,45)(H,36,39)/t15-,18-,22?,24?,25-,33-/m0/s1. The Labute approximate surface area is 267 Å². The van der Waals surface area contributed by atoms with Crippen molar-refractivity contribution in [2.45, 2.75) is 69.1 Å².